The van der Waals surface area contributed by atoms with E-state index in [-0.39, 0.29) is 0 Å². The van der Waals surface area contributed by atoms with E-state index in [1.165, 1.54) is 0 Å². The molecule has 6 heteroatoms. The van der Waals surface area contributed by atoms with Crippen molar-refractivity contribution in [1.82, 2.24) is 24.1 Å². The van der Waals surface area contributed by atoms with Crippen molar-refractivity contribution in [3.05, 3.63) is 224 Å². The van der Waals surface area contributed by atoms with Gasteiger partial charge in [0, 0.05) is 49.4 Å². The van der Waals surface area contributed by atoms with Crippen LogP contribution in [0.25, 0.3) is 111 Å². The first kappa shape index (κ1) is 36.9. The molecule has 5 aromatic heterocycles. The summed E-state index contributed by atoms with van der Waals surface area (Å²) in [6.07, 6.45) is 3.95. The number of para-hydroxylation sites is 2. The summed E-state index contributed by atoms with van der Waals surface area (Å²) in [4.78, 5) is 15.4. The minimum Gasteiger partial charge on any atom is -0.307 e. The molecular weight excluding hydrogens is 781 g/mol. The van der Waals surface area contributed by atoms with Gasteiger partial charge in [-0.25, -0.2) is 9.97 Å². The summed E-state index contributed by atoms with van der Waals surface area (Å²) in [6.45, 7) is 0. The largest absolute Gasteiger partial charge is 0.307 e. The van der Waals surface area contributed by atoms with Gasteiger partial charge in [-0.2, -0.15) is 5.26 Å². The van der Waals surface area contributed by atoms with Crippen molar-refractivity contribution in [3.63, 3.8) is 0 Å². The van der Waals surface area contributed by atoms with Crippen LogP contribution >= 0.6 is 0 Å². The number of aromatic nitrogens is 5. The third-order valence-electron chi connectivity index (χ3n) is 12.3. The molecule has 6 nitrogen and oxygen atoms in total. The molecule has 5 heterocycles. The molecule has 0 saturated carbocycles. The maximum atomic E-state index is 9.91. The van der Waals surface area contributed by atoms with E-state index in [4.69, 9.17) is 15.0 Å². The number of hydrogen-bond acceptors (Lipinski definition) is 4. The highest BCUT2D eigenvalue weighted by Crippen LogP contribution is 2.43. The van der Waals surface area contributed by atoms with Crippen molar-refractivity contribution in [2.75, 3.05) is 0 Å². The lowest BCUT2D eigenvalue weighted by Crippen LogP contribution is -2.05. The van der Waals surface area contributed by atoms with Crippen LogP contribution in [0.2, 0.25) is 0 Å². The lowest BCUT2D eigenvalue weighted by atomic mass is 10.0. The summed E-state index contributed by atoms with van der Waals surface area (Å²) in [6, 6.07) is 73.7. The number of rotatable bonds is 7. The van der Waals surface area contributed by atoms with Gasteiger partial charge in [-0.15, -0.1) is 0 Å². The first-order valence-electron chi connectivity index (χ1n) is 21.3. The second-order valence-corrected chi connectivity index (χ2v) is 16.0. The molecule has 64 heavy (non-hydrogen) atoms. The molecule has 0 bridgehead atoms. The van der Waals surface area contributed by atoms with Gasteiger partial charge in [-0.1, -0.05) is 146 Å². The molecule has 0 aliphatic carbocycles. The van der Waals surface area contributed by atoms with Crippen molar-refractivity contribution < 1.29 is 0 Å². The fraction of sp³-hybridized carbons (Fsp3) is 0. The standard InChI is InChI=1S/C58H36N6/c59-35-38-25-27-41(28-26-38)58-56(63-52-23-9-7-17-44(52)46-31-29-42(33-54(46)63)50-21-11-19-48(61-50)39-13-3-1-4-14-39)36-60-37-57(58)64-53-24-10-8-18-45(53)47-32-30-43(34-55(47)64)51-22-12-20-49(62-51)40-15-5-2-6-16-40/h1-34,36-37H. The van der Waals surface area contributed by atoms with Gasteiger partial charge in [-0.3, -0.25) is 4.98 Å². The van der Waals surface area contributed by atoms with E-state index in [2.05, 4.69) is 173 Å². The van der Waals surface area contributed by atoms with Crippen molar-refractivity contribution in [2.24, 2.45) is 0 Å². The van der Waals surface area contributed by atoms with Crippen LogP contribution in [0.15, 0.2) is 219 Å². The van der Waals surface area contributed by atoms with Gasteiger partial charge in [-0.05, 0) is 66.2 Å². The highest BCUT2D eigenvalue weighted by Gasteiger charge is 2.23. The first-order chi connectivity index (χ1) is 31.7. The van der Waals surface area contributed by atoms with Gasteiger partial charge in [0.25, 0.3) is 0 Å². The molecule has 0 saturated heterocycles. The quantitative estimate of drug-likeness (QED) is 0.161. The Morgan fingerprint density at radius 3 is 1.22 bits per heavy atom. The molecule has 0 spiro atoms. The maximum Gasteiger partial charge on any atom is 0.0991 e. The fourth-order valence-corrected chi connectivity index (χ4v) is 9.29. The van der Waals surface area contributed by atoms with Crippen LogP contribution in [0.3, 0.4) is 0 Å². The third kappa shape index (κ3) is 6.14. The van der Waals surface area contributed by atoms with Crippen LogP contribution in [-0.2, 0) is 0 Å². The van der Waals surface area contributed by atoms with Gasteiger partial charge in [0.1, 0.15) is 0 Å². The highest BCUT2D eigenvalue weighted by molar-refractivity contribution is 6.13. The molecule has 7 aromatic carbocycles. The Morgan fingerprint density at radius 1 is 0.344 bits per heavy atom. The SMILES string of the molecule is N#Cc1ccc(-c2c(-n3c4ccccc4c4ccc(-c5cccc(-c6ccccc6)n5)cc43)cncc2-n2c3ccccc3c3ccc(-c4cccc(-c5ccccc5)n4)cc32)cc1. The van der Waals surface area contributed by atoms with Gasteiger partial charge in [0.15, 0.2) is 0 Å². The molecule has 0 N–H and O–H groups in total. The van der Waals surface area contributed by atoms with Gasteiger partial charge < -0.3 is 9.13 Å². The summed E-state index contributed by atoms with van der Waals surface area (Å²) in [7, 11) is 0. The Kier molecular flexibility index (Phi) is 8.77. The van der Waals surface area contributed by atoms with E-state index in [1.807, 2.05) is 60.9 Å². The summed E-state index contributed by atoms with van der Waals surface area (Å²) in [5, 5.41) is 14.4. The number of fused-ring (bicyclic) bond motifs is 6. The molecular formula is C58H36N6. The Morgan fingerprint density at radius 2 is 0.750 bits per heavy atom. The summed E-state index contributed by atoms with van der Waals surface area (Å²) in [5.41, 5.74) is 16.4. The van der Waals surface area contributed by atoms with Gasteiger partial charge in [0.05, 0.1) is 80.2 Å². The Balaban J connectivity index is 1.12. The predicted molar refractivity (Wildman–Crippen MR) is 260 cm³/mol. The van der Waals surface area contributed by atoms with Crippen molar-refractivity contribution in [3.8, 4) is 73.6 Å². The van der Waals surface area contributed by atoms with Gasteiger partial charge in [0.2, 0.25) is 0 Å². The lowest BCUT2D eigenvalue weighted by molar-refractivity contribution is 1.09. The molecule has 12 rings (SSSR count). The van der Waals surface area contributed by atoms with Crippen LogP contribution in [-0.4, -0.2) is 24.1 Å². The monoisotopic (exact) mass is 816 g/mol. The Bertz CT molecular complexity index is 3560. The third-order valence-corrected chi connectivity index (χ3v) is 12.3. The van der Waals surface area contributed by atoms with E-state index in [9.17, 15) is 5.26 Å². The van der Waals surface area contributed by atoms with Crippen LogP contribution in [0.1, 0.15) is 5.56 Å². The van der Waals surface area contributed by atoms with Crippen LogP contribution in [0.5, 0.6) is 0 Å². The molecule has 0 aliphatic heterocycles. The zero-order valence-electron chi connectivity index (χ0n) is 34.5. The molecule has 0 amide bonds. The second-order valence-electron chi connectivity index (χ2n) is 16.0. The van der Waals surface area contributed by atoms with Crippen molar-refractivity contribution in [1.29, 1.82) is 5.26 Å². The molecule has 12 aromatic rings. The van der Waals surface area contributed by atoms with E-state index in [0.29, 0.717) is 5.56 Å². The summed E-state index contributed by atoms with van der Waals surface area (Å²) in [5.74, 6) is 0. The fourth-order valence-electron chi connectivity index (χ4n) is 9.29. The number of benzene rings is 7. The van der Waals surface area contributed by atoms with E-state index >= 15 is 0 Å². The molecule has 0 radical (unpaired) electrons. The molecule has 0 atom stereocenters. The van der Waals surface area contributed by atoms with Crippen LogP contribution in [0.4, 0.5) is 0 Å². The smallest absolute Gasteiger partial charge is 0.0991 e. The zero-order chi connectivity index (χ0) is 42.6. The molecule has 0 unspecified atom stereocenters. The number of nitrogens with zero attached hydrogens (tertiary/aromatic N) is 6. The van der Waals surface area contributed by atoms with Gasteiger partial charge >= 0.3 is 0 Å². The minimum absolute atomic E-state index is 0.597. The van der Waals surface area contributed by atoms with E-state index in [0.717, 1.165) is 111 Å². The first-order valence-corrected chi connectivity index (χ1v) is 21.3. The highest BCUT2D eigenvalue weighted by atomic mass is 15.0. The van der Waals surface area contributed by atoms with E-state index in [1.54, 1.807) is 0 Å². The Labute approximate surface area is 369 Å². The van der Waals surface area contributed by atoms with Crippen LogP contribution in [0, 0.1) is 11.3 Å². The molecule has 0 aliphatic rings. The lowest BCUT2D eigenvalue weighted by Gasteiger charge is -2.20. The van der Waals surface area contributed by atoms with Crippen LogP contribution < -0.4 is 0 Å². The molecule has 0 fully saturated rings. The summed E-state index contributed by atoms with van der Waals surface area (Å²) >= 11 is 0. The second kappa shape index (κ2) is 15.2. The number of pyridine rings is 3. The summed E-state index contributed by atoms with van der Waals surface area (Å²) < 4.78 is 4.69. The average Bonchev–Trinajstić information content (AvgIpc) is 3.89. The topological polar surface area (TPSA) is 72.3 Å². The predicted octanol–water partition coefficient (Wildman–Crippen LogP) is 14.3. The number of hydrogen-bond donors (Lipinski definition) is 0. The number of nitriles is 1. The normalized spacial score (nSPS) is 11.4. The van der Waals surface area contributed by atoms with Crippen molar-refractivity contribution >= 4 is 43.6 Å². The zero-order valence-corrected chi connectivity index (χ0v) is 34.5. The van der Waals surface area contributed by atoms with Crippen molar-refractivity contribution in [2.45, 2.75) is 0 Å². The minimum atomic E-state index is 0.597. The average molecular weight is 817 g/mol. The Hall–Kier alpha value is -8.92. The maximum absolute atomic E-state index is 9.91. The van der Waals surface area contributed by atoms with E-state index < -0.39 is 0 Å². The molecule has 298 valence electrons.